The minimum absolute atomic E-state index is 0.0218. The van der Waals surface area contributed by atoms with Crippen molar-refractivity contribution in [2.24, 2.45) is 0 Å². The number of anilines is 2. The van der Waals surface area contributed by atoms with Gasteiger partial charge >= 0.3 is 0 Å². The summed E-state index contributed by atoms with van der Waals surface area (Å²) in [5, 5.41) is 2.77. The molecule has 22 heavy (non-hydrogen) atoms. The molecule has 2 aromatic rings. The smallest absolute Gasteiger partial charge is 0.255 e. The summed E-state index contributed by atoms with van der Waals surface area (Å²) in [4.78, 5) is 12.2. The largest absolute Gasteiger partial charge is 0.322 e. The SMILES string of the molecule is CCS(=O)(=O)Nc1cccc(C(=O)Nc2ccc(I)cc2)c1. The summed E-state index contributed by atoms with van der Waals surface area (Å²) in [7, 11) is -3.36. The van der Waals surface area contributed by atoms with Crippen molar-refractivity contribution in [2.45, 2.75) is 6.92 Å². The maximum atomic E-state index is 12.2. The van der Waals surface area contributed by atoms with E-state index < -0.39 is 10.0 Å². The summed E-state index contributed by atoms with van der Waals surface area (Å²) in [6.45, 7) is 1.55. The van der Waals surface area contributed by atoms with E-state index in [4.69, 9.17) is 0 Å². The van der Waals surface area contributed by atoms with Crippen LogP contribution in [0.3, 0.4) is 0 Å². The van der Waals surface area contributed by atoms with E-state index in [0.717, 1.165) is 3.57 Å². The fraction of sp³-hybridized carbons (Fsp3) is 0.133. The number of amides is 1. The molecule has 0 aliphatic rings. The van der Waals surface area contributed by atoms with Gasteiger partial charge in [0.05, 0.1) is 5.75 Å². The van der Waals surface area contributed by atoms with Gasteiger partial charge < -0.3 is 5.32 Å². The predicted molar refractivity (Wildman–Crippen MR) is 96.6 cm³/mol. The van der Waals surface area contributed by atoms with Crippen LogP contribution < -0.4 is 10.0 Å². The molecule has 7 heteroatoms. The Bertz CT molecular complexity index is 774. The van der Waals surface area contributed by atoms with Crippen molar-refractivity contribution in [1.82, 2.24) is 0 Å². The molecular formula is C15H15IN2O3S. The van der Waals surface area contributed by atoms with E-state index in [1.165, 1.54) is 6.07 Å². The second-order valence-corrected chi connectivity index (χ2v) is 7.80. The molecule has 0 saturated carbocycles. The third-order valence-corrected chi connectivity index (χ3v) is 4.91. The second kappa shape index (κ2) is 7.10. The first-order valence-corrected chi connectivity index (χ1v) is 9.30. The van der Waals surface area contributed by atoms with E-state index in [1.807, 2.05) is 24.3 Å². The Morgan fingerprint density at radius 2 is 1.77 bits per heavy atom. The Labute approximate surface area is 143 Å². The van der Waals surface area contributed by atoms with Crippen LogP contribution >= 0.6 is 22.6 Å². The van der Waals surface area contributed by atoms with Gasteiger partial charge in [-0.1, -0.05) is 6.07 Å². The summed E-state index contributed by atoms with van der Waals surface area (Å²) in [5.41, 5.74) is 1.44. The highest BCUT2D eigenvalue weighted by atomic mass is 127. The number of benzene rings is 2. The fourth-order valence-corrected chi connectivity index (χ4v) is 2.70. The van der Waals surface area contributed by atoms with Gasteiger partial charge in [-0.3, -0.25) is 9.52 Å². The molecule has 1 amide bonds. The zero-order valence-corrected chi connectivity index (χ0v) is 14.8. The summed E-state index contributed by atoms with van der Waals surface area (Å²) >= 11 is 2.18. The standard InChI is InChI=1S/C15H15IN2O3S/c1-2-22(20,21)18-14-5-3-4-11(10-14)15(19)17-13-8-6-12(16)7-9-13/h3-10,18H,2H2,1H3,(H,17,19). The number of rotatable bonds is 5. The van der Waals surface area contributed by atoms with E-state index in [0.29, 0.717) is 16.9 Å². The zero-order valence-electron chi connectivity index (χ0n) is 11.8. The molecule has 0 fully saturated rings. The van der Waals surface area contributed by atoms with Crippen molar-refractivity contribution in [2.75, 3.05) is 15.8 Å². The third-order valence-electron chi connectivity index (χ3n) is 2.88. The average Bonchev–Trinajstić information content (AvgIpc) is 2.49. The van der Waals surface area contributed by atoms with E-state index in [-0.39, 0.29) is 11.7 Å². The van der Waals surface area contributed by atoms with Crippen LogP contribution in [-0.4, -0.2) is 20.1 Å². The maximum Gasteiger partial charge on any atom is 0.255 e. The van der Waals surface area contributed by atoms with Crippen molar-refractivity contribution < 1.29 is 13.2 Å². The normalized spacial score (nSPS) is 11.0. The van der Waals surface area contributed by atoms with Gasteiger partial charge in [0.15, 0.2) is 0 Å². The average molecular weight is 430 g/mol. The van der Waals surface area contributed by atoms with Gasteiger partial charge in [0.25, 0.3) is 5.91 Å². The van der Waals surface area contributed by atoms with E-state index in [2.05, 4.69) is 32.6 Å². The lowest BCUT2D eigenvalue weighted by Crippen LogP contribution is -2.16. The van der Waals surface area contributed by atoms with Crippen molar-refractivity contribution in [1.29, 1.82) is 0 Å². The second-order valence-electron chi connectivity index (χ2n) is 4.55. The lowest BCUT2D eigenvalue weighted by atomic mass is 10.2. The highest BCUT2D eigenvalue weighted by molar-refractivity contribution is 14.1. The highest BCUT2D eigenvalue weighted by Crippen LogP contribution is 2.16. The molecule has 2 N–H and O–H groups in total. The van der Waals surface area contributed by atoms with Gasteiger partial charge in [-0.15, -0.1) is 0 Å². The summed E-state index contributed by atoms with van der Waals surface area (Å²) in [6, 6.07) is 13.8. The first kappa shape index (κ1) is 16.8. The molecule has 2 aromatic carbocycles. The van der Waals surface area contributed by atoms with Crippen LogP contribution in [0.2, 0.25) is 0 Å². The summed E-state index contributed by atoms with van der Waals surface area (Å²) in [5.74, 6) is -0.315. The van der Waals surface area contributed by atoms with Crippen LogP contribution in [-0.2, 0) is 10.0 Å². The van der Waals surface area contributed by atoms with Gasteiger partial charge in [0, 0.05) is 20.5 Å². The molecule has 5 nitrogen and oxygen atoms in total. The first-order chi connectivity index (χ1) is 10.4. The van der Waals surface area contributed by atoms with Crippen LogP contribution in [0.1, 0.15) is 17.3 Å². The Kier molecular flexibility index (Phi) is 5.41. The Morgan fingerprint density at radius 1 is 1.09 bits per heavy atom. The lowest BCUT2D eigenvalue weighted by Gasteiger charge is -2.09. The fourth-order valence-electron chi connectivity index (χ4n) is 1.71. The van der Waals surface area contributed by atoms with Crippen molar-refractivity contribution in [3.8, 4) is 0 Å². The highest BCUT2D eigenvalue weighted by Gasteiger charge is 2.10. The number of halogens is 1. The van der Waals surface area contributed by atoms with Crippen molar-refractivity contribution >= 4 is 49.9 Å². The number of hydrogen-bond donors (Lipinski definition) is 2. The molecule has 0 aromatic heterocycles. The predicted octanol–water partition coefficient (Wildman–Crippen LogP) is 3.31. The van der Waals surface area contributed by atoms with Crippen LogP contribution in [0.4, 0.5) is 11.4 Å². The van der Waals surface area contributed by atoms with E-state index in [1.54, 1.807) is 25.1 Å². The number of hydrogen-bond acceptors (Lipinski definition) is 3. The molecule has 0 radical (unpaired) electrons. The van der Waals surface area contributed by atoms with Crippen molar-refractivity contribution in [3.05, 3.63) is 57.7 Å². The van der Waals surface area contributed by atoms with Gasteiger partial charge in [-0.2, -0.15) is 0 Å². The van der Waals surface area contributed by atoms with Crippen molar-refractivity contribution in [3.63, 3.8) is 0 Å². The quantitative estimate of drug-likeness (QED) is 0.715. The number of carbonyl (C=O) groups excluding carboxylic acids is 1. The number of carbonyl (C=O) groups is 1. The topological polar surface area (TPSA) is 75.3 Å². The van der Waals surface area contributed by atoms with Crippen LogP contribution in [0, 0.1) is 3.57 Å². The van der Waals surface area contributed by atoms with Gasteiger partial charge in [-0.25, -0.2) is 8.42 Å². The van der Waals surface area contributed by atoms with Gasteiger partial charge in [0.1, 0.15) is 0 Å². The molecule has 2 rings (SSSR count). The molecule has 0 spiro atoms. The molecule has 0 atom stereocenters. The monoisotopic (exact) mass is 430 g/mol. The Morgan fingerprint density at radius 3 is 2.41 bits per heavy atom. The van der Waals surface area contributed by atoms with Gasteiger partial charge in [-0.05, 0) is 72.0 Å². The number of nitrogens with one attached hydrogen (secondary N) is 2. The molecule has 0 heterocycles. The molecule has 0 unspecified atom stereocenters. The van der Waals surface area contributed by atoms with E-state index >= 15 is 0 Å². The molecule has 0 bridgehead atoms. The maximum absolute atomic E-state index is 12.2. The minimum atomic E-state index is -3.36. The molecule has 116 valence electrons. The third kappa shape index (κ3) is 4.70. The minimum Gasteiger partial charge on any atom is -0.322 e. The Balaban J connectivity index is 2.15. The molecule has 0 saturated heterocycles. The first-order valence-electron chi connectivity index (χ1n) is 6.57. The zero-order chi connectivity index (χ0) is 16.2. The molecular weight excluding hydrogens is 415 g/mol. The molecule has 0 aliphatic carbocycles. The Hall–Kier alpha value is -1.61. The van der Waals surface area contributed by atoms with Crippen LogP contribution in [0.25, 0.3) is 0 Å². The summed E-state index contributed by atoms with van der Waals surface area (Å²) < 4.78 is 26.6. The lowest BCUT2D eigenvalue weighted by molar-refractivity contribution is 0.102. The molecule has 0 aliphatic heterocycles. The van der Waals surface area contributed by atoms with Gasteiger partial charge in [0.2, 0.25) is 10.0 Å². The van der Waals surface area contributed by atoms with Crippen LogP contribution in [0.5, 0.6) is 0 Å². The number of sulfonamides is 1. The van der Waals surface area contributed by atoms with E-state index in [9.17, 15) is 13.2 Å². The van der Waals surface area contributed by atoms with Crippen LogP contribution in [0.15, 0.2) is 48.5 Å². The summed E-state index contributed by atoms with van der Waals surface area (Å²) in [6.07, 6.45) is 0.